The molecule has 3 aromatic carbocycles. The second-order valence-electron chi connectivity index (χ2n) is 5.64. The second kappa shape index (κ2) is 9.17. The zero-order chi connectivity index (χ0) is 19.9. The topological polar surface area (TPSA) is 67.8 Å². The van der Waals surface area contributed by atoms with Gasteiger partial charge in [-0.3, -0.25) is 4.79 Å². The summed E-state index contributed by atoms with van der Waals surface area (Å²) < 4.78 is 5.43. The van der Waals surface area contributed by atoms with Crippen molar-refractivity contribution in [3.05, 3.63) is 99.5 Å². The molecule has 140 valence electrons. The maximum atomic E-state index is 12.3. The Bertz CT molecular complexity index is 1020. The van der Waals surface area contributed by atoms with Crippen LogP contribution in [0.3, 0.4) is 0 Å². The predicted octanol–water partition coefficient (Wildman–Crippen LogP) is 4.98. The molecular formula is C21H14Cl2N2O3. The number of nitrogens with zero attached hydrogens (tertiary/aromatic N) is 1. The van der Waals surface area contributed by atoms with Crippen molar-refractivity contribution in [2.24, 2.45) is 5.10 Å². The van der Waals surface area contributed by atoms with Gasteiger partial charge in [-0.25, -0.2) is 10.2 Å². The van der Waals surface area contributed by atoms with E-state index in [1.165, 1.54) is 6.21 Å². The van der Waals surface area contributed by atoms with Gasteiger partial charge in [0.05, 0.1) is 11.8 Å². The molecule has 3 rings (SSSR count). The number of carbonyl (C=O) groups is 2. The molecule has 0 aliphatic carbocycles. The zero-order valence-electron chi connectivity index (χ0n) is 14.4. The number of hydrogen-bond donors (Lipinski definition) is 1. The number of carbonyl (C=O) groups excluding carboxylic acids is 2. The number of benzene rings is 3. The van der Waals surface area contributed by atoms with Crippen molar-refractivity contribution in [2.75, 3.05) is 0 Å². The molecule has 0 radical (unpaired) electrons. The summed E-state index contributed by atoms with van der Waals surface area (Å²) in [5.74, 6) is -0.599. The highest BCUT2D eigenvalue weighted by molar-refractivity contribution is 6.31. The van der Waals surface area contributed by atoms with E-state index < -0.39 is 5.97 Å². The molecule has 0 saturated heterocycles. The Kier molecular flexibility index (Phi) is 6.42. The number of hydrogen-bond acceptors (Lipinski definition) is 4. The Hall–Kier alpha value is -3.15. The molecule has 0 unspecified atom stereocenters. The van der Waals surface area contributed by atoms with Gasteiger partial charge in [0, 0.05) is 21.2 Å². The summed E-state index contributed by atoms with van der Waals surface area (Å²) >= 11 is 11.6. The molecule has 0 saturated carbocycles. The Balaban J connectivity index is 1.68. The molecule has 0 fully saturated rings. The molecule has 0 aliphatic rings. The molecule has 0 bridgehead atoms. The molecule has 0 aliphatic heterocycles. The first-order valence-electron chi connectivity index (χ1n) is 8.19. The van der Waals surface area contributed by atoms with Crippen LogP contribution in [0.2, 0.25) is 10.0 Å². The van der Waals surface area contributed by atoms with Gasteiger partial charge in [0.15, 0.2) is 0 Å². The van der Waals surface area contributed by atoms with Crippen molar-refractivity contribution >= 4 is 41.3 Å². The lowest BCUT2D eigenvalue weighted by Crippen LogP contribution is -2.17. The third-order valence-corrected chi connectivity index (χ3v) is 4.18. The number of para-hydroxylation sites is 1. The van der Waals surface area contributed by atoms with Crippen molar-refractivity contribution in [2.45, 2.75) is 0 Å². The lowest BCUT2D eigenvalue weighted by atomic mass is 10.2. The number of amides is 1. The van der Waals surface area contributed by atoms with E-state index in [-0.39, 0.29) is 5.91 Å². The van der Waals surface area contributed by atoms with Crippen LogP contribution < -0.4 is 10.2 Å². The summed E-state index contributed by atoms with van der Waals surface area (Å²) in [5.41, 5.74) is 3.73. The average molecular weight is 413 g/mol. The lowest BCUT2D eigenvalue weighted by molar-refractivity contribution is 0.0734. The van der Waals surface area contributed by atoms with E-state index in [1.54, 1.807) is 72.8 Å². The van der Waals surface area contributed by atoms with Crippen molar-refractivity contribution in [1.29, 1.82) is 0 Å². The summed E-state index contributed by atoms with van der Waals surface area (Å²) in [6.07, 6.45) is 1.40. The number of hydrazone groups is 1. The summed E-state index contributed by atoms with van der Waals surface area (Å²) in [6, 6.07) is 19.6. The Morgan fingerprint density at radius 2 is 1.39 bits per heavy atom. The van der Waals surface area contributed by atoms with E-state index in [9.17, 15) is 9.59 Å². The number of ether oxygens (including phenoxy) is 1. The Labute approximate surface area is 171 Å². The van der Waals surface area contributed by atoms with Gasteiger partial charge in [-0.2, -0.15) is 5.10 Å². The van der Waals surface area contributed by atoms with Crippen molar-refractivity contribution in [3.8, 4) is 5.75 Å². The number of esters is 1. The van der Waals surface area contributed by atoms with Crippen molar-refractivity contribution in [3.63, 3.8) is 0 Å². The van der Waals surface area contributed by atoms with Gasteiger partial charge in [-0.1, -0.05) is 35.3 Å². The minimum Gasteiger partial charge on any atom is -0.422 e. The van der Waals surface area contributed by atoms with E-state index in [0.29, 0.717) is 32.5 Å². The maximum absolute atomic E-state index is 12.3. The van der Waals surface area contributed by atoms with Crippen LogP contribution in [0.1, 0.15) is 26.3 Å². The summed E-state index contributed by atoms with van der Waals surface area (Å²) in [4.78, 5) is 24.3. The van der Waals surface area contributed by atoms with E-state index in [0.717, 1.165) is 0 Å². The second-order valence-corrected chi connectivity index (χ2v) is 6.51. The fourth-order valence-corrected chi connectivity index (χ4v) is 2.50. The molecule has 5 nitrogen and oxygen atoms in total. The molecule has 28 heavy (non-hydrogen) atoms. The van der Waals surface area contributed by atoms with E-state index in [1.807, 2.05) is 0 Å². The monoisotopic (exact) mass is 412 g/mol. The van der Waals surface area contributed by atoms with Crippen LogP contribution in [-0.4, -0.2) is 18.1 Å². The molecule has 0 spiro atoms. The Morgan fingerprint density at radius 1 is 0.821 bits per heavy atom. The molecule has 3 aromatic rings. The van der Waals surface area contributed by atoms with Gasteiger partial charge in [0.2, 0.25) is 0 Å². The van der Waals surface area contributed by atoms with E-state index >= 15 is 0 Å². The SMILES string of the molecule is O=C(N/N=C\c1ccccc1OC(=O)c1ccc(Cl)cc1)c1ccc(Cl)cc1. The molecule has 7 heteroatoms. The average Bonchev–Trinajstić information content (AvgIpc) is 2.70. The molecule has 0 heterocycles. The number of nitrogens with one attached hydrogen (secondary N) is 1. The highest BCUT2D eigenvalue weighted by Crippen LogP contribution is 2.18. The fraction of sp³-hybridized carbons (Fsp3) is 0. The summed E-state index contributed by atoms with van der Waals surface area (Å²) in [6.45, 7) is 0. The summed E-state index contributed by atoms with van der Waals surface area (Å²) in [5, 5.41) is 4.99. The van der Waals surface area contributed by atoms with Gasteiger partial charge in [-0.05, 0) is 60.7 Å². The van der Waals surface area contributed by atoms with Crippen molar-refractivity contribution in [1.82, 2.24) is 5.43 Å². The van der Waals surface area contributed by atoms with Crippen LogP contribution in [0, 0.1) is 0 Å². The highest BCUT2D eigenvalue weighted by atomic mass is 35.5. The van der Waals surface area contributed by atoms with Crippen molar-refractivity contribution < 1.29 is 14.3 Å². The first-order chi connectivity index (χ1) is 13.5. The zero-order valence-corrected chi connectivity index (χ0v) is 15.9. The lowest BCUT2D eigenvalue weighted by Gasteiger charge is -2.07. The standard InChI is InChI=1S/C21H14Cl2N2O3/c22-17-9-5-14(6-10-17)20(26)25-24-13-16-3-1-2-4-19(16)28-21(27)15-7-11-18(23)12-8-15/h1-13H,(H,25,26)/b24-13-. The minimum atomic E-state index is -0.525. The normalized spacial score (nSPS) is 10.6. The van der Waals surface area contributed by atoms with Gasteiger partial charge in [-0.15, -0.1) is 0 Å². The molecule has 0 atom stereocenters. The quantitative estimate of drug-likeness (QED) is 0.278. The maximum Gasteiger partial charge on any atom is 0.343 e. The molecule has 0 aromatic heterocycles. The third-order valence-electron chi connectivity index (χ3n) is 3.68. The first-order valence-corrected chi connectivity index (χ1v) is 8.94. The third kappa shape index (κ3) is 5.19. The Morgan fingerprint density at radius 3 is 2.04 bits per heavy atom. The molecule has 1 amide bonds. The van der Waals surface area contributed by atoms with Crippen LogP contribution in [0.4, 0.5) is 0 Å². The van der Waals surface area contributed by atoms with Crippen LogP contribution in [0.15, 0.2) is 77.9 Å². The minimum absolute atomic E-state index is 0.312. The predicted molar refractivity (Wildman–Crippen MR) is 109 cm³/mol. The van der Waals surface area contributed by atoms with Gasteiger partial charge >= 0.3 is 5.97 Å². The smallest absolute Gasteiger partial charge is 0.343 e. The van der Waals surface area contributed by atoms with Gasteiger partial charge in [0.25, 0.3) is 5.91 Å². The van der Waals surface area contributed by atoms with Gasteiger partial charge < -0.3 is 4.74 Å². The molecule has 1 N–H and O–H groups in total. The highest BCUT2D eigenvalue weighted by Gasteiger charge is 2.11. The van der Waals surface area contributed by atoms with Crippen LogP contribution in [-0.2, 0) is 0 Å². The molecular weight excluding hydrogens is 399 g/mol. The van der Waals surface area contributed by atoms with E-state index in [4.69, 9.17) is 27.9 Å². The largest absolute Gasteiger partial charge is 0.422 e. The van der Waals surface area contributed by atoms with Crippen LogP contribution >= 0.6 is 23.2 Å². The van der Waals surface area contributed by atoms with Crippen LogP contribution in [0.25, 0.3) is 0 Å². The fourth-order valence-electron chi connectivity index (χ4n) is 2.25. The summed E-state index contributed by atoms with van der Waals surface area (Å²) in [7, 11) is 0. The van der Waals surface area contributed by atoms with Gasteiger partial charge in [0.1, 0.15) is 5.75 Å². The van der Waals surface area contributed by atoms with Crippen LogP contribution in [0.5, 0.6) is 5.75 Å². The first kappa shape index (κ1) is 19.6. The number of rotatable bonds is 5. The van der Waals surface area contributed by atoms with E-state index in [2.05, 4.69) is 10.5 Å². The number of halogens is 2.